The van der Waals surface area contributed by atoms with Crippen LogP contribution >= 0.6 is 11.3 Å². The SMILES string of the molecule is CCN(CC)Cc1ccccc1NCc1nc(-c2cccs2)no1. The molecule has 0 amide bonds. The summed E-state index contributed by atoms with van der Waals surface area (Å²) in [5.41, 5.74) is 2.39. The first kappa shape index (κ1) is 16.7. The smallest absolute Gasteiger partial charge is 0.246 e. The van der Waals surface area contributed by atoms with Gasteiger partial charge in [0, 0.05) is 12.2 Å². The second-order valence-corrected chi connectivity index (χ2v) is 6.41. The molecular formula is C18H22N4OS. The fourth-order valence-electron chi connectivity index (χ4n) is 2.52. The van der Waals surface area contributed by atoms with Crippen molar-refractivity contribution in [2.75, 3.05) is 18.4 Å². The van der Waals surface area contributed by atoms with E-state index >= 15 is 0 Å². The molecule has 3 aromatic rings. The molecule has 0 bridgehead atoms. The molecule has 0 saturated heterocycles. The number of benzene rings is 1. The van der Waals surface area contributed by atoms with E-state index in [1.54, 1.807) is 11.3 Å². The Morgan fingerprint density at radius 3 is 2.71 bits per heavy atom. The van der Waals surface area contributed by atoms with Crippen molar-refractivity contribution in [1.82, 2.24) is 15.0 Å². The van der Waals surface area contributed by atoms with Crippen molar-refractivity contribution >= 4 is 17.0 Å². The van der Waals surface area contributed by atoms with Crippen LogP contribution in [0.3, 0.4) is 0 Å². The Morgan fingerprint density at radius 2 is 1.96 bits per heavy atom. The summed E-state index contributed by atoms with van der Waals surface area (Å²) in [6.45, 7) is 7.90. The van der Waals surface area contributed by atoms with Gasteiger partial charge in [-0.15, -0.1) is 11.3 Å². The zero-order valence-corrected chi connectivity index (χ0v) is 14.8. The van der Waals surface area contributed by atoms with E-state index in [9.17, 15) is 0 Å². The van der Waals surface area contributed by atoms with E-state index in [0.29, 0.717) is 18.3 Å². The highest BCUT2D eigenvalue weighted by molar-refractivity contribution is 7.13. The van der Waals surface area contributed by atoms with Gasteiger partial charge in [-0.05, 0) is 36.2 Å². The summed E-state index contributed by atoms with van der Waals surface area (Å²) in [6.07, 6.45) is 0. The molecule has 2 aromatic heterocycles. The number of thiophene rings is 1. The Labute approximate surface area is 146 Å². The second kappa shape index (κ2) is 8.08. The van der Waals surface area contributed by atoms with Crippen LogP contribution in [-0.2, 0) is 13.1 Å². The van der Waals surface area contributed by atoms with E-state index in [1.165, 1.54) is 5.56 Å². The van der Waals surface area contributed by atoms with Crippen LogP contribution in [0.2, 0.25) is 0 Å². The van der Waals surface area contributed by atoms with Crippen LogP contribution in [0, 0.1) is 0 Å². The van der Waals surface area contributed by atoms with Gasteiger partial charge in [-0.3, -0.25) is 4.90 Å². The molecule has 2 heterocycles. The van der Waals surface area contributed by atoms with Crippen molar-refractivity contribution in [3.8, 4) is 10.7 Å². The van der Waals surface area contributed by atoms with E-state index in [4.69, 9.17) is 4.52 Å². The molecule has 126 valence electrons. The molecule has 1 N–H and O–H groups in total. The second-order valence-electron chi connectivity index (χ2n) is 5.46. The van der Waals surface area contributed by atoms with Crippen molar-refractivity contribution in [1.29, 1.82) is 0 Å². The summed E-state index contributed by atoms with van der Waals surface area (Å²) in [4.78, 5) is 7.86. The fourth-order valence-corrected chi connectivity index (χ4v) is 3.17. The van der Waals surface area contributed by atoms with Gasteiger partial charge in [-0.1, -0.05) is 43.3 Å². The number of hydrogen-bond donors (Lipinski definition) is 1. The summed E-state index contributed by atoms with van der Waals surface area (Å²) in [6, 6.07) is 12.3. The lowest BCUT2D eigenvalue weighted by Gasteiger charge is -2.20. The van der Waals surface area contributed by atoms with Crippen LogP contribution in [0.1, 0.15) is 25.3 Å². The lowest BCUT2D eigenvalue weighted by atomic mass is 10.1. The van der Waals surface area contributed by atoms with Gasteiger partial charge in [-0.2, -0.15) is 4.98 Å². The minimum Gasteiger partial charge on any atom is -0.376 e. The van der Waals surface area contributed by atoms with Crippen LogP contribution in [0.25, 0.3) is 10.7 Å². The van der Waals surface area contributed by atoms with Gasteiger partial charge < -0.3 is 9.84 Å². The number of nitrogens with zero attached hydrogens (tertiary/aromatic N) is 3. The third-order valence-electron chi connectivity index (χ3n) is 3.95. The molecule has 24 heavy (non-hydrogen) atoms. The quantitative estimate of drug-likeness (QED) is 0.663. The van der Waals surface area contributed by atoms with Gasteiger partial charge in [0.05, 0.1) is 11.4 Å². The van der Waals surface area contributed by atoms with Crippen LogP contribution in [0.4, 0.5) is 5.69 Å². The number of rotatable bonds is 8. The number of nitrogens with one attached hydrogen (secondary N) is 1. The van der Waals surface area contributed by atoms with Crippen LogP contribution < -0.4 is 5.32 Å². The molecule has 0 saturated carbocycles. The lowest BCUT2D eigenvalue weighted by molar-refractivity contribution is 0.296. The highest BCUT2D eigenvalue weighted by Crippen LogP contribution is 2.22. The zero-order chi connectivity index (χ0) is 16.8. The summed E-state index contributed by atoms with van der Waals surface area (Å²) in [7, 11) is 0. The molecule has 0 unspecified atom stereocenters. The topological polar surface area (TPSA) is 54.2 Å². The van der Waals surface area contributed by atoms with Crippen molar-refractivity contribution in [2.24, 2.45) is 0 Å². The van der Waals surface area contributed by atoms with Crippen LogP contribution in [0.15, 0.2) is 46.3 Å². The lowest BCUT2D eigenvalue weighted by Crippen LogP contribution is -2.22. The van der Waals surface area contributed by atoms with Gasteiger partial charge in [0.25, 0.3) is 0 Å². The maximum Gasteiger partial charge on any atom is 0.246 e. The molecule has 0 aliphatic carbocycles. The van der Waals surface area contributed by atoms with Crippen molar-refractivity contribution in [3.63, 3.8) is 0 Å². The summed E-state index contributed by atoms with van der Waals surface area (Å²) in [5, 5.41) is 9.47. The standard InChI is InChI=1S/C18H22N4OS/c1-3-22(4-2)13-14-8-5-6-9-15(14)19-12-17-20-18(21-23-17)16-10-7-11-24-16/h5-11,19H,3-4,12-13H2,1-2H3. The Balaban J connectivity index is 1.66. The average molecular weight is 342 g/mol. The van der Waals surface area contributed by atoms with E-state index < -0.39 is 0 Å². The van der Waals surface area contributed by atoms with Crippen LogP contribution in [0.5, 0.6) is 0 Å². The highest BCUT2D eigenvalue weighted by Gasteiger charge is 2.10. The van der Waals surface area contributed by atoms with E-state index in [0.717, 1.165) is 30.2 Å². The molecule has 0 radical (unpaired) electrons. The Bertz CT molecular complexity index is 750. The molecule has 0 aliphatic heterocycles. The Morgan fingerprint density at radius 1 is 1.12 bits per heavy atom. The number of hydrogen-bond acceptors (Lipinski definition) is 6. The first-order valence-corrected chi connectivity index (χ1v) is 9.08. The van der Waals surface area contributed by atoms with Gasteiger partial charge in [-0.25, -0.2) is 0 Å². The maximum absolute atomic E-state index is 5.35. The van der Waals surface area contributed by atoms with E-state index in [1.807, 2.05) is 23.6 Å². The molecule has 3 rings (SSSR count). The molecule has 0 aliphatic rings. The van der Waals surface area contributed by atoms with Gasteiger partial charge in [0.15, 0.2) is 0 Å². The van der Waals surface area contributed by atoms with E-state index in [-0.39, 0.29) is 0 Å². The van der Waals surface area contributed by atoms with Crippen molar-refractivity contribution in [2.45, 2.75) is 26.9 Å². The van der Waals surface area contributed by atoms with Crippen molar-refractivity contribution < 1.29 is 4.52 Å². The minimum atomic E-state index is 0.521. The number of anilines is 1. The van der Waals surface area contributed by atoms with Gasteiger partial charge >= 0.3 is 0 Å². The molecule has 0 atom stereocenters. The minimum absolute atomic E-state index is 0.521. The highest BCUT2D eigenvalue weighted by atomic mass is 32.1. The molecule has 6 heteroatoms. The Hall–Kier alpha value is -2.18. The fraction of sp³-hybridized carbons (Fsp3) is 0.333. The monoisotopic (exact) mass is 342 g/mol. The molecule has 5 nitrogen and oxygen atoms in total. The first-order chi connectivity index (χ1) is 11.8. The van der Waals surface area contributed by atoms with Crippen molar-refractivity contribution in [3.05, 3.63) is 53.2 Å². The third kappa shape index (κ3) is 4.01. The average Bonchev–Trinajstić information content (AvgIpc) is 3.29. The van der Waals surface area contributed by atoms with E-state index in [2.05, 4.69) is 52.4 Å². The first-order valence-electron chi connectivity index (χ1n) is 8.20. The molecular weight excluding hydrogens is 320 g/mol. The van der Waals surface area contributed by atoms with Crippen LogP contribution in [-0.4, -0.2) is 28.1 Å². The summed E-state index contributed by atoms with van der Waals surface area (Å²) < 4.78 is 5.35. The number of para-hydroxylation sites is 1. The normalized spacial score (nSPS) is 11.1. The zero-order valence-electron chi connectivity index (χ0n) is 14.0. The number of aromatic nitrogens is 2. The predicted octanol–water partition coefficient (Wildman–Crippen LogP) is 4.25. The summed E-state index contributed by atoms with van der Waals surface area (Å²) >= 11 is 1.61. The maximum atomic E-state index is 5.35. The van der Waals surface area contributed by atoms with Gasteiger partial charge in [0.2, 0.25) is 11.7 Å². The molecule has 1 aromatic carbocycles. The third-order valence-corrected chi connectivity index (χ3v) is 4.81. The predicted molar refractivity (Wildman–Crippen MR) is 98.0 cm³/mol. The molecule has 0 spiro atoms. The molecule has 0 fully saturated rings. The summed E-state index contributed by atoms with van der Waals surface area (Å²) in [5.74, 6) is 1.24. The Kier molecular flexibility index (Phi) is 5.61. The van der Waals surface area contributed by atoms with Gasteiger partial charge in [0.1, 0.15) is 0 Å². The largest absolute Gasteiger partial charge is 0.376 e.